The second-order valence-electron chi connectivity index (χ2n) is 2.75. The number of hydrogen-bond donors (Lipinski definition) is 1. The van der Waals surface area contributed by atoms with Gasteiger partial charge in [-0.25, -0.2) is 8.78 Å². The zero-order valence-corrected chi connectivity index (χ0v) is 8.57. The maximum Gasteiger partial charge on any atom is 0.140 e. The third-order valence-electron chi connectivity index (χ3n) is 1.72. The van der Waals surface area contributed by atoms with Gasteiger partial charge in [0.1, 0.15) is 11.6 Å². The highest BCUT2D eigenvalue weighted by Crippen LogP contribution is 2.21. The fourth-order valence-corrected chi connectivity index (χ4v) is 1.56. The van der Waals surface area contributed by atoms with Gasteiger partial charge in [0.15, 0.2) is 0 Å². The van der Waals surface area contributed by atoms with Gasteiger partial charge in [-0.05, 0) is 53.0 Å². The van der Waals surface area contributed by atoms with Gasteiger partial charge in [-0.1, -0.05) is 0 Å². The molecule has 4 heteroatoms. The van der Waals surface area contributed by atoms with Crippen LogP contribution in [-0.4, -0.2) is 6.54 Å². The molecule has 0 aromatic heterocycles. The molecule has 0 fully saturated rings. The van der Waals surface area contributed by atoms with Crippen molar-refractivity contribution in [1.82, 2.24) is 0 Å². The summed E-state index contributed by atoms with van der Waals surface area (Å²) in [6.07, 6.45) is 1.13. The Balaban J connectivity index is 2.92. The Morgan fingerprint density at radius 2 is 2.00 bits per heavy atom. The lowest BCUT2D eigenvalue weighted by Crippen LogP contribution is -2.02. The minimum Gasteiger partial charge on any atom is -0.330 e. The van der Waals surface area contributed by atoms with Crippen LogP contribution in [0.2, 0.25) is 0 Å². The van der Waals surface area contributed by atoms with Gasteiger partial charge in [0.2, 0.25) is 0 Å². The fraction of sp³-hybridized carbons (Fsp3) is 0.333. The summed E-state index contributed by atoms with van der Waals surface area (Å²) in [5.41, 5.74) is 5.65. The molecule has 0 unspecified atom stereocenters. The van der Waals surface area contributed by atoms with E-state index in [0.29, 0.717) is 24.9 Å². The lowest BCUT2D eigenvalue weighted by molar-refractivity contribution is 0.575. The molecule has 0 atom stereocenters. The first-order valence-corrected chi connectivity index (χ1v) is 4.78. The van der Waals surface area contributed by atoms with Crippen molar-refractivity contribution in [2.45, 2.75) is 12.8 Å². The van der Waals surface area contributed by atoms with Crippen LogP contribution in [0.4, 0.5) is 8.78 Å². The summed E-state index contributed by atoms with van der Waals surface area (Å²) < 4.78 is 26.2. The van der Waals surface area contributed by atoms with Crippen molar-refractivity contribution in [2.75, 3.05) is 6.54 Å². The molecule has 0 saturated carbocycles. The maximum atomic E-state index is 13.3. The predicted octanol–water partition coefficient (Wildman–Crippen LogP) is 2.62. The highest BCUT2D eigenvalue weighted by Gasteiger charge is 2.08. The topological polar surface area (TPSA) is 26.0 Å². The zero-order valence-electron chi connectivity index (χ0n) is 6.99. The van der Waals surface area contributed by atoms with Crippen LogP contribution in [-0.2, 0) is 6.42 Å². The quantitative estimate of drug-likeness (QED) is 0.820. The van der Waals surface area contributed by atoms with Crippen molar-refractivity contribution in [3.8, 4) is 0 Å². The first kappa shape index (κ1) is 10.6. The SMILES string of the molecule is NCCCc1cc(F)cc(Br)c1F. The van der Waals surface area contributed by atoms with E-state index in [1.54, 1.807) is 0 Å². The number of benzene rings is 1. The summed E-state index contributed by atoms with van der Waals surface area (Å²) >= 11 is 2.94. The molecule has 1 nitrogen and oxygen atoms in total. The molecule has 1 aromatic rings. The van der Waals surface area contributed by atoms with Gasteiger partial charge in [0.25, 0.3) is 0 Å². The summed E-state index contributed by atoms with van der Waals surface area (Å²) in [5.74, 6) is -0.824. The molecule has 0 aliphatic carbocycles. The van der Waals surface area contributed by atoms with Crippen LogP contribution in [0.3, 0.4) is 0 Å². The number of halogens is 3. The van der Waals surface area contributed by atoms with Crippen molar-refractivity contribution >= 4 is 15.9 Å². The second-order valence-corrected chi connectivity index (χ2v) is 3.61. The third kappa shape index (κ3) is 2.74. The van der Waals surface area contributed by atoms with E-state index in [1.807, 2.05) is 0 Å². The summed E-state index contributed by atoms with van der Waals surface area (Å²) in [7, 11) is 0. The fourth-order valence-electron chi connectivity index (χ4n) is 1.08. The van der Waals surface area contributed by atoms with Crippen LogP contribution in [0, 0.1) is 11.6 Å². The molecule has 0 aliphatic heterocycles. The standard InChI is InChI=1S/C9H10BrF2N/c10-8-5-7(11)4-6(9(8)12)2-1-3-13/h4-5H,1-3,13H2. The molecule has 1 rings (SSSR count). The van der Waals surface area contributed by atoms with Crippen molar-refractivity contribution in [2.24, 2.45) is 5.73 Å². The number of aryl methyl sites for hydroxylation is 1. The van der Waals surface area contributed by atoms with E-state index in [2.05, 4.69) is 15.9 Å². The Labute approximate surface area is 84.1 Å². The van der Waals surface area contributed by atoms with E-state index in [9.17, 15) is 8.78 Å². The zero-order chi connectivity index (χ0) is 9.84. The van der Waals surface area contributed by atoms with E-state index in [0.717, 1.165) is 6.07 Å². The molecule has 0 amide bonds. The lowest BCUT2D eigenvalue weighted by atomic mass is 10.1. The van der Waals surface area contributed by atoms with E-state index in [4.69, 9.17) is 5.73 Å². The van der Waals surface area contributed by atoms with Gasteiger partial charge in [-0.15, -0.1) is 0 Å². The normalized spacial score (nSPS) is 10.5. The van der Waals surface area contributed by atoms with Crippen LogP contribution in [0.5, 0.6) is 0 Å². The second kappa shape index (κ2) is 4.67. The Morgan fingerprint density at radius 3 is 2.62 bits per heavy atom. The Morgan fingerprint density at radius 1 is 1.31 bits per heavy atom. The molecular formula is C9H10BrF2N. The van der Waals surface area contributed by atoms with Gasteiger partial charge < -0.3 is 5.73 Å². The minimum absolute atomic E-state index is 0.166. The molecule has 72 valence electrons. The molecule has 2 N–H and O–H groups in total. The van der Waals surface area contributed by atoms with Gasteiger partial charge in [0.05, 0.1) is 4.47 Å². The van der Waals surface area contributed by atoms with Gasteiger partial charge in [-0.2, -0.15) is 0 Å². The lowest BCUT2D eigenvalue weighted by Gasteiger charge is -2.03. The highest BCUT2D eigenvalue weighted by molar-refractivity contribution is 9.10. The van der Waals surface area contributed by atoms with E-state index < -0.39 is 11.6 Å². The molecule has 1 aromatic carbocycles. The molecule has 0 spiro atoms. The van der Waals surface area contributed by atoms with Gasteiger partial charge >= 0.3 is 0 Å². The average Bonchev–Trinajstić information content (AvgIpc) is 2.09. The molecule has 0 bridgehead atoms. The monoisotopic (exact) mass is 249 g/mol. The highest BCUT2D eigenvalue weighted by atomic mass is 79.9. The largest absolute Gasteiger partial charge is 0.330 e. The summed E-state index contributed by atoms with van der Waals surface area (Å²) in [5, 5.41) is 0. The van der Waals surface area contributed by atoms with Crippen LogP contribution in [0.25, 0.3) is 0 Å². The number of rotatable bonds is 3. The van der Waals surface area contributed by atoms with Crippen molar-refractivity contribution < 1.29 is 8.78 Å². The van der Waals surface area contributed by atoms with Crippen molar-refractivity contribution in [1.29, 1.82) is 0 Å². The smallest absolute Gasteiger partial charge is 0.140 e. The molecule has 0 aliphatic rings. The third-order valence-corrected chi connectivity index (χ3v) is 2.30. The first-order chi connectivity index (χ1) is 6.15. The molecular weight excluding hydrogens is 240 g/mol. The average molecular weight is 250 g/mol. The molecule has 0 radical (unpaired) electrons. The van der Waals surface area contributed by atoms with Crippen LogP contribution >= 0.6 is 15.9 Å². The van der Waals surface area contributed by atoms with Crippen LogP contribution < -0.4 is 5.73 Å². The number of nitrogens with two attached hydrogens (primary N) is 1. The van der Waals surface area contributed by atoms with Gasteiger partial charge in [-0.3, -0.25) is 0 Å². The Hall–Kier alpha value is -0.480. The van der Waals surface area contributed by atoms with E-state index in [1.165, 1.54) is 6.07 Å². The van der Waals surface area contributed by atoms with E-state index >= 15 is 0 Å². The minimum atomic E-state index is -0.430. The molecule has 13 heavy (non-hydrogen) atoms. The van der Waals surface area contributed by atoms with Crippen LogP contribution in [0.1, 0.15) is 12.0 Å². The maximum absolute atomic E-state index is 13.3. The van der Waals surface area contributed by atoms with E-state index in [-0.39, 0.29) is 4.47 Å². The summed E-state index contributed by atoms with van der Waals surface area (Å²) in [6.45, 7) is 0.480. The number of hydrogen-bond acceptors (Lipinski definition) is 1. The summed E-state index contributed by atoms with van der Waals surface area (Å²) in [4.78, 5) is 0. The Kier molecular flexibility index (Phi) is 3.81. The Bertz CT molecular complexity index is 302. The molecule has 0 heterocycles. The van der Waals surface area contributed by atoms with Gasteiger partial charge in [0, 0.05) is 0 Å². The van der Waals surface area contributed by atoms with Crippen molar-refractivity contribution in [3.63, 3.8) is 0 Å². The molecule has 0 saturated heterocycles. The summed E-state index contributed by atoms with van der Waals surface area (Å²) in [6, 6.07) is 2.32. The van der Waals surface area contributed by atoms with Crippen molar-refractivity contribution in [3.05, 3.63) is 33.8 Å². The first-order valence-electron chi connectivity index (χ1n) is 3.98. The predicted molar refractivity (Wildman–Crippen MR) is 51.4 cm³/mol. The van der Waals surface area contributed by atoms with Crippen LogP contribution in [0.15, 0.2) is 16.6 Å².